The number of nitrogens with zero attached hydrogens (tertiary/aromatic N) is 1. The molecule has 1 aromatic rings. The summed E-state index contributed by atoms with van der Waals surface area (Å²) in [4.78, 5) is 2.28. The van der Waals surface area contributed by atoms with E-state index in [9.17, 15) is 5.11 Å². The Balaban J connectivity index is 2.28. The second kappa shape index (κ2) is 6.48. The summed E-state index contributed by atoms with van der Waals surface area (Å²) in [6, 6.07) is 8.61. The maximum absolute atomic E-state index is 9.53. The second-order valence-corrected chi connectivity index (χ2v) is 5.37. The van der Waals surface area contributed by atoms with E-state index in [1.165, 1.54) is 11.1 Å². The van der Waals surface area contributed by atoms with Gasteiger partial charge < -0.3 is 15.6 Å². The van der Waals surface area contributed by atoms with E-state index in [1.54, 1.807) is 0 Å². The maximum atomic E-state index is 9.53. The quantitative estimate of drug-likeness (QED) is 0.854. The largest absolute Gasteiger partial charge is 0.395 e. The first-order valence-electron chi connectivity index (χ1n) is 6.90. The van der Waals surface area contributed by atoms with Crippen molar-refractivity contribution in [1.82, 2.24) is 4.90 Å². The number of aliphatic hydroxyl groups excluding tert-OH is 1. The van der Waals surface area contributed by atoms with Crippen LogP contribution in [0.15, 0.2) is 24.3 Å². The van der Waals surface area contributed by atoms with Crippen molar-refractivity contribution in [2.45, 2.75) is 32.0 Å². The molecule has 0 saturated carbocycles. The van der Waals surface area contributed by atoms with Gasteiger partial charge in [0.05, 0.1) is 31.9 Å². The first-order chi connectivity index (χ1) is 9.13. The predicted octanol–water partition coefficient (Wildman–Crippen LogP) is 1.08. The second-order valence-electron chi connectivity index (χ2n) is 5.37. The van der Waals surface area contributed by atoms with Crippen LogP contribution in [0.2, 0.25) is 0 Å². The summed E-state index contributed by atoms with van der Waals surface area (Å²) in [6.07, 6.45) is 0. The number of hydrogen-bond acceptors (Lipinski definition) is 4. The minimum absolute atomic E-state index is 0.00829. The number of rotatable bonds is 4. The Kier molecular flexibility index (Phi) is 4.93. The van der Waals surface area contributed by atoms with Crippen LogP contribution < -0.4 is 5.73 Å². The SMILES string of the molecule is Cc1cccc(C(C(C)N)N2CCOCC2CO)c1. The van der Waals surface area contributed by atoms with E-state index in [1.807, 2.05) is 6.92 Å². The lowest BCUT2D eigenvalue weighted by Crippen LogP contribution is -2.52. The third kappa shape index (κ3) is 3.34. The Morgan fingerprint density at radius 3 is 2.95 bits per heavy atom. The van der Waals surface area contributed by atoms with Gasteiger partial charge in [-0.05, 0) is 19.4 Å². The summed E-state index contributed by atoms with van der Waals surface area (Å²) in [7, 11) is 0. The molecule has 1 aliphatic rings. The van der Waals surface area contributed by atoms with Crippen LogP contribution in [-0.2, 0) is 4.74 Å². The summed E-state index contributed by atoms with van der Waals surface area (Å²) < 4.78 is 5.45. The Bertz CT molecular complexity index is 409. The summed E-state index contributed by atoms with van der Waals surface area (Å²) in [5.74, 6) is 0. The van der Waals surface area contributed by atoms with Crippen LogP contribution in [0.3, 0.4) is 0 Å². The minimum atomic E-state index is 0.00829. The van der Waals surface area contributed by atoms with Crippen molar-refractivity contribution in [1.29, 1.82) is 0 Å². The van der Waals surface area contributed by atoms with Gasteiger partial charge in [-0.1, -0.05) is 29.8 Å². The van der Waals surface area contributed by atoms with Crippen LogP contribution in [0, 0.1) is 6.92 Å². The topological polar surface area (TPSA) is 58.7 Å². The highest BCUT2D eigenvalue weighted by Gasteiger charge is 2.32. The zero-order valence-electron chi connectivity index (χ0n) is 11.7. The van der Waals surface area contributed by atoms with E-state index in [2.05, 4.69) is 36.1 Å². The Hall–Kier alpha value is -0.940. The van der Waals surface area contributed by atoms with Crippen LogP contribution in [0.1, 0.15) is 24.1 Å². The highest BCUT2D eigenvalue weighted by Crippen LogP contribution is 2.27. The molecule has 19 heavy (non-hydrogen) atoms. The molecule has 0 aliphatic carbocycles. The molecule has 2 rings (SSSR count). The molecule has 3 unspecified atom stereocenters. The van der Waals surface area contributed by atoms with Crippen LogP contribution in [-0.4, -0.2) is 48.5 Å². The van der Waals surface area contributed by atoms with Gasteiger partial charge in [0.1, 0.15) is 0 Å². The van der Waals surface area contributed by atoms with Gasteiger partial charge in [-0.15, -0.1) is 0 Å². The van der Waals surface area contributed by atoms with Gasteiger partial charge in [0.25, 0.3) is 0 Å². The normalized spacial score (nSPS) is 24.1. The van der Waals surface area contributed by atoms with Crippen molar-refractivity contribution < 1.29 is 9.84 Å². The number of benzene rings is 1. The van der Waals surface area contributed by atoms with Crippen LogP contribution >= 0.6 is 0 Å². The number of hydrogen-bond donors (Lipinski definition) is 2. The molecule has 0 amide bonds. The zero-order chi connectivity index (χ0) is 13.8. The molecule has 0 radical (unpaired) electrons. The summed E-state index contributed by atoms with van der Waals surface area (Å²) in [5, 5.41) is 9.53. The average molecular weight is 264 g/mol. The van der Waals surface area contributed by atoms with E-state index in [4.69, 9.17) is 10.5 Å². The van der Waals surface area contributed by atoms with Gasteiger partial charge in [0, 0.05) is 12.6 Å². The Labute approximate surface area is 115 Å². The zero-order valence-corrected chi connectivity index (χ0v) is 11.7. The number of ether oxygens (including phenoxy) is 1. The number of morpholine rings is 1. The van der Waals surface area contributed by atoms with Gasteiger partial charge in [-0.25, -0.2) is 0 Å². The van der Waals surface area contributed by atoms with Crippen molar-refractivity contribution in [3.8, 4) is 0 Å². The summed E-state index contributed by atoms with van der Waals surface area (Å²) >= 11 is 0. The van der Waals surface area contributed by atoms with E-state index in [0.717, 1.165) is 6.54 Å². The van der Waals surface area contributed by atoms with Crippen molar-refractivity contribution in [2.24, 2.45) is 5.73 Å². The van der Waals surface area contributed by atoms with Crippen molar-refractivity contribution in [3.05, 3.63) is 35.4 Å². The van der Waals surface area contributed by atoms with Gasteiger partial charge >= 0.3 is 0 Å². The molecule has 4 heteroatoms. The highest BCUT2D eigenvalue weighted by atomic mass is 16.5. The van der Waals surface area contributed by atoms with Crippen LogP contribution in [0.25, 0.3) is 0 Å². The third-order valence-corrected chi connectivity index (χ3v) is 3.72. The van der Waals surface area contributed by atoms with Crippen molar-refractivity contribution in [2.75, 3.05) is 26.4 Å². The van der Waals surface area contributed by atoms with E-state index in [-0.39, 0.29) is 24.7 Å². The van der Waals surface area contributed by atoms with Crippen LogP contribution in [0.5, 0.6) is 0 Å². The number of nitrogens with two attached hydrogens (primary N) is 1. The summed E-state index contributed by atoms with van der Waals surface area (Å²) in [6.45, 7) is 6.30. The molecule has 1 aromatic carbocycles. The van der Waals surface area contributed by atoms with E-state index < -0.39 is 0 Å². The summed E-state index contributed by atoms with van der Waals surface area (Å²) in [5.41, 5.74) is 8.65. The molecule has 1 fully saturated rings. The monoisotopic (exact) mass is 264 g/mol. The lowest BCUT2D eigenvalue weighted by Gasteiger charge is -2.42. The first kappa shape index (κ1) is 14.5. The molecule has 106 valence electrons. The molecule has 4 nitrogen and oxygen atoms in total. The fourth-order valence-electron chi connectivity index (χ4n) is 2.84. The standard InChI is InChI=1S/C15H24N2O2/c1-11-4-3-5-13(8-11)15(12(2)16)17-6-7-19-10-14(17)9-18/h3-5,8,12,14-15,18H,6-7,9-10,16H2,1-2H3. The molecule has 1 heterocycles. The molecule has 0 bridgehead atoms. The average Bonchev–Trinajstić information content (AvgIpc) is 2.39. The predicted molar refractivity (Wildman–Crippen MR) is 76.0 cm³/mol. The fraction of sp³-hybridized carbons (Fsp3) is 0.600. The minimum Gasteiger partial charge on any atom is -0.395 e. The maximum Gasteiger partial charge on any atom is 0.0645 e. The molecule has 3 N–H and O–H groups in total. The molecular weight excluding hydrogens is 240 g/mol. The number of aryl methyl sites for hydroxylation is 1. The van der Waals surface area contributed by atoms with Gasteiger partial charge in [0.15, 0.2) is 0 Å². The van der Waals surface area contributed by atoms with Crippen molar-refractivity contribution in [3.63, 3.8) is 0 Å². The molecule has 1 saturated heterocycles. The molecule has 3 atom stereocenters. The van der Waals surface area contributed by atoms with Gasteiger partial charge in [-0.3, -0.25) is 4.90 Å². The molecular formula is C15H24N2O2. The molecule has 0 spiro atoms. The smallest absolute Gasteiger partial charge is 0.0645 e. The lowest BCUT2D eigenvalue weighted by atomic mass is 9.96. The van der Waals surface area contributed by atoms with E-state index >= 15 is 0 Å². The number of aliphatic hydroxyl groups is 1. The molecule has 1 aliphatic heterocycles. The van der Waals surface area contributed by atoms with Gasteiger partial charge in [0.2, 0.25) is 0 Å². The van der Waals surface area contributed by atoms with Crippen LogP contribution in [0.4, 0.5) is 0 Å². The lowest BCUT2D eigenvalue weighted by molar-refractivity contribution is -0.0516. The third-order valence-electron chi connectivity index (χ3n) is 3.72. The Morgan fingerprint density at radius 2 is 2.32 bits per heavy atom. The first-order valence-corrected chi connectivity index (χ1v) is 6.90. The molecule has 0 aromatic heterocycles. The van der Waals surface area contributed by atoms with Gasteiger partial charge in [-0.2, -0.15) is 0 Å². The Morgan fingerprint density at radius 1 is 1.53 bits per heavy atom. The van der Waals surface area contributed by atoms with Crippen molar-refractivity contribution >= 4 is 0 Å². The highest BCUT2D eigenvalue weighted by molar-refractivity contribution is 5.26. The van der Waals surface area contributed by atoms with E-state index in [0.29, 0.717) is 13.2 Å². The fourth-order valence-corrected chi connectivity index (χ4v) is 2.84.